The zero-order valence-corrected chi connectivity index (χ0v) is 41.9. The number of tetrazole rings is 1. The maximum Gasteiger partial charge on any atom is 0.407 e. The van der Waals surface area contributed by atoms with Crippen molar-refractivity contribution >= 4 is 63.6 Å². The molecule has 22 heteroatoms. The second-order valence-electron chi connectivity index (χ2n) is 16.3. The van der Waals surface area contributed by atoms with Crippen LogP contribution in [-0.2, 0) is 44.4 Å². The lowest BCUT2D eigenvalue weighted by molar-refractivity contribution is 0.0494. The van der Waals surface area contributed by atoms with Crippen LogP contribution in [0.1, 0.15) is 37.5 Å². The van der Waals surface area contributed by atoms with Crippen molar-refractivity contribution in [3.05, 3.63) is 124 Å². The Morgan fingerprint density at radius 3 is 1.94 bits per heavy atom. The highest BCUT2D eigenvalue weighted by molar-refractivity contribution is 9.11. The molecule has 0 aliphatic heterocycles. The Kier molecular flexibility index (Phi) is 15.5. The number of rotatable bonds is 19. The molecule has 0 spiro atoms. The summed E-state index contributed by atoms with van der Waals surface area (Å²) < 4.78 is 87.9. The first kappa shape index (κ1) is 49.9. The van der Waals surface area contributed by atoms with E-state index in [1.54, 1.807) is 101 Å². The Bertz CT molecular complexity index is 3060. The Morgan fingerprint density at radius 1 is 0.809 bits per heavy atom. The van der Waals surface area contributed by atoms with Gasteiger partial charge in [-0.2, -0.15) is 9.10 Å². The van der Waals surface area contributed by atoms with Crippen LogP contribution in [-0.4, -0.2) is 104 Å². The number of amides is 1. The van der Waals surface area contributed by atoms with Gasteiger partial charge in [-0.05, 0) is 124 Å². The van der Waals surface area contributed by atoms with Crippen LogP contribution in [0.25, 0.3) is 32.7 Å². The Balaban J connectivity index is 1.43. The zero-order valence-electron chi connectivity index (χ0n) is 37.8. The fourth-order valence-electron chi connectivity index (χ4n) is 6.96. The van der Waals surface area contributed by atoms with Crippen molar-refractivity contribution in [2.45, 2.75) is 61.9 Å². The van der Waals surface area contributed by atoms with Crippen molar-refractivity contribution in [2.75, 3.05) is 34.4 Å². The SMILES string of the molecule is COc1ccc(CN(Cc2ccc(OC)cc2)S(=O)(=O)c2c(S(=O)(=O)NCC(O)CNC(=O)OC(C)(C)C)ccc(-c3ccc4sc(Br)nc4c3)c2-c2nnn(Cc3ccc(OC)cc3)n2)cc1. The van der Waals surface area contributed by atoms with Crippen LogP contribution in [0, 0.1) is 0 Å². The molecule has 0 radical (unpaired) electrons. The predicted octanol–water partition coefficient (Wildman–Crippen LogP) is 7.01. The summed E-state index contributed by atoms with van der Waals surface area (Å²) in [6.45, 7) is 3.67. The first-order valence-electron chi connectivity index (χ1n) is 20.9. The number of halogens is 1. The molecule has 0 aliphatic rings. The van der Waals surface area contributed by atoms with Gasteiger partial charge in [-0.3, -0.25) is 0 Å². The number of sulfonamides is 2. The predicted molar refractivity (Wildman–Crippen MR) is 260 cm³/mol. The summed E-state index contributed by atoms with van der Waals surface area (Å²) in [7, 11) is -5.22. The van der Waals surface area contributed by atoms with Crippen molar-refractivity contribution in [2.24, 2.45) is 0 Å². The zero-order chi connectivity index (χ0) is 48.8. The topological polar surface area (TPSA) is 226 Å². The lowest BCUT2D eigenvalue weighted by atomic mass is 9.99. The molecule has 68 heavy (non-hydrogen) atoms. The quantitative estimate of drug-likeness (QED) is 0.0741. The molecule has 3 N–H and O–H groups in total. The van der Waals surface area contributed by atoms with E-state index in [0.717, 1.165) is 10.3 Å². The molecular formula is C46H49BrN8O10S3. The van der Waals surface area contributed by atoms with Gasteiger partial charge < -0.3 is 29.4 Å². The van der Waals surface area contributed by atoms with E-state index in [-0.39, 0.29) is 43.1 Å². The van der Waals surface area contributed by atoms with E-state index in [2.05, 4.69) is 41.3 Å². The van der Waals surface area contributed by atoms with Crippen molar-refractivity contribution < 1.29 is 45.7 Å². The second-order valence-corrected chi connectivity index (χ2v) is 22.2. The average Bonchev–Trinajstić information content (AvgIpc) is 3.94. The number of aliphatic hydroxyl groups excluding tert-OH is 1. The number of hydrogen-bond donors (Lipinski definition) is 3. The minimum absolute atomic E-state index is 0.114. The van der Waals surface area contributed by atoms with Crippen molar-refractivity contribution in [3.63, 3.8) is 0 Å². The van der Waals surface area contributed by atoms with Gasteiger partial charge in [0.05, 0.1) is 49.8 Å². The smallest absolute Gasteiger partial charge is 0.407 e. The molecule has 5 aromatic carbocycles. The van der Waals surface area contributed by atoms with Gasteiger partial charge in [-0.1, -0.05) is 48.5 Å². The number of ether oxygens (including phenoxy) is 4. The molecule has 0 saturated heterocycles. The van der Waals surface area contributed by atoms with Crippen LogP contribution in [0.5, 0.6) is 17.2 Å². The monoisotopic (exact) mass is 1050 g/mol. The van der Waals surface area contributed by atoms with E-state index in [1.807, 2.05) is 18.2 Å². The van der Waals surface area contributed by atoms with E-state index in [0.29, 0.717) is 43.4 Å². The van der Waals surface area contributed by atoms with Crippen LogP contribution in [0.2, 0.25) is 0 Å². The summed E-state index contributed by atoms with van der Waals surface area (Å²) in [4.78, 5) is 16.9. The van der Waals surface area contributed by atoms with Gasteiger partial charge in [0.2, 0.25) is 25.9 Å². The third-order valence-corrected chi connectivity index (χ3v) is 15.2. The number of thiazole rings is 1. The number of benzene rings is 5. The van der Waals surface area contributed by atoms with Crippen molar-refractivity contribution in [3.8, 4) is 39.8 Å². The van der Waals surface area contributed by atoms with Crippen LogP contribution in [0.3, 0.4) is 0 Å². The fourth-order valence-corrected chi connectivity index (χ4v) is 11.8. The number of alkyl carbamates (subject to hydrolysis) is 1. The van der Waals surface area contributed by atoms with E-state index in [4.69, 9.17) is 24.0 Å². The molecule has 1 unspecified atom stereocenters. The van der Waals surface area contributed by atoms with Gasteiger partial charge in [0.25, 0.3) is 0 Å². The Hall–Kier alpha value is -6.01. The number of carbonyl (C=O) groups is 1. The number of carbonyl (C=O) groups excluding carboxylic acids is 1. The normalized spacial score (nSPS) is 12.5. The van der Waals surface area contributed by atoms with Crippen LogP contribution < -0.4 is 24.2 Å². The number of nitrogens with one attached hydrogen (secondary N) is 2. The Morgan fingerprint density at radius 2 is 1.38 bits per heavy atom. The summed E-state index contributed by atoms with van der Waals surface area (Å²) in [5.41, 5.74) is 2.24. The summed E-state index contributed by atoms with van der Waals surface area (Å²) in [5.74, 6) is 1.53. The highest BCUT2D eigenvalue weighted by atomic mass is 79.9. The van der Waals surface area contributed by atoms with Crippen LogP contribution in [0.4, 0.5) is 4.79 Å². The maximum absolute atomic E-state index is 16.0. The molecule has 358 valence electrons. The Labute approximate surface area is 406 Å². The summed E-state index contributed by atoms with van der Waals surface area (Å²) in [6.07, 6.45) is -2.28. The molecule has 2 heterocycles. The third-order valence-electron chi connectivity index (χ3n) is 10.3. The molecule has 0 fully saturated rings. The molecule has 0 bridgehead atoms. The molecule has 0 saturated carbocycles. The van der Waals surface area contributed by atoms with Crippen molar-refractivity contribution in [1.82, 2.24) is 39.5 Å². The van der Waals surface area contributed by atoms with Crippen LogP contribution >= 0.6 is 27.3 Å². The first-order valence-corrected chi connectivity index (χ1v) is 25.4. The molecule has 0 aliphatic carbocycles. The summed E-state index contributed by atoms with van der Waals surface area (Å²) in [5, 5.41) is 26.7. The standard InChI is InChI=1S/C46H49BrN8O10S3/c1-46(2,3)65-45(57)48-24-33(56)25-49-67(58,59)40-22-20-37(32-13-21-39-38(23-32)50-44(47)66-39)41(43-51-53-55(52-43)28-31-11-18-36(64-6)19-12-31)42(40)68(60,61)54(26-29-7-14-34(62-4)15-8-29)27-30-9-16-35(63-5)17-10-30/h7-23,33,49,56H,24-28H2,1-6H3,(H,48,57). The van der Waals surface area contributed by atoms with E-state index in [1.165, 1.54) is 46.8 Å². The number of hydrogen-bond acceptors (Lipinski definition) is 15. The van der Waals surface area contributed by atoms with E-state index in [9.17, 15) is 18.3 Å². The number of methoxy groups -OCH3 is 3. The van der Waals surface area contributed by atoms with Gasteiger partial charge in [0.15, 0.2) is 3.92 Å². The molecule has 1 amide bonds. The van der Waals surface area contributed by atoms with Gasteiger partial charge in [0.1, 0.15) is 32.6 Å². The number of aromatic nitrogens is 5. The van der Waals surface area contributed by atoms with E-state index < -0.39 is 54.2 Å². The number of nitrogens with zero attached hydrogens (tertiary/aromatic N) is 6. The summed E-state index contributed by atoms with van der Waals surface area (Å²) in [6, 6.07) is 28.9. The first-order chi connectivity index (χ1) is 32.3. The summed E-state index contributed by atoms with van der Waals surface area (Å²) >= 11 is 4.86. The minimum Gasteiger partial charge on any atom is -0.497 e. The lowest BCUT2D eigenvalue weighted by Crippen LogP contribution is -2.42. The number of aliphatic hydroxyl groups is 1. The third kappa shape index (κ3) is 12.2. The molecule has 1 atom stereocenters. The molecule has 7 aromatic rings. The van der Waals surface area contributed by atoms with Crippen LogP contribution in [0.15, 0.2) is 117 Å². The molecular weight excluding hydrogens is 1000 g/mol. The lowest BCUT2D eigenvalue weighted by Gasteiger charge is -2.26. The highest BCUT2D eigenvalue weighted by Crippen LogP contribution is 2.42. The van der Waals surface area contributed by atoms with Gasteiger partial charge in [0, 0.05) is 26.2 Å². The van der Waals surface area contributed by atoms with Gasteiger partial charge in [-0.25, -0.2) is 31.3 Å². The van der Waals surface area contributed by atoms with Crippen molar-refractivity contribution in [1.29, 1.82) is 0 Å². The largest absolute Gasteiger partial charge is 0.497 e. The van der Waals surface area contributed by atoms with Gasteiger partial charge >= 0.3 is 6.09 Å². The molecule has 2 aromatic heterocycles. The average molecular weight is 1050 g/mol. The second kappa shape index (κ2) is 21.1. The minimum atomic E-state index is -4.96. The van der Waals surface area contributed by atoms with E-state index >= 15 is 8.42 Å². The number of fused-ring (bicyclic) bond motifs is 1. The molecule has 18 nitrogen and oxygen atoms in total. The highest BCUT2D eigenvalue weighted by Gasteiger charge is 2.38. The maximum atomic E-state index is 16.0. The van der Waals surface area contributed by atoms with Gasteiger partial charge in [-0.15, -0.1) is 21.5 Å². The molecule has 7 rings (SSSR count). The fraction of sp³-hybridized carbons (Fsp3) is 0.283.